The van der Waals surface area contributed by atoms with Gasteiger partial charge in [0.1, 0.15) is 5.78 Å². The minimum absolute atomic E-state index is 0.207. The highest BCUT2D eigenvalue weighted by molar-refractivity contribution is 6.31. The van der Waals surface area contributed by atoms with Gasteiger partial charge < -0.3 is 5.73 Å². The Bertz CT molecular complexity index is 388. The molecule has 0 aliphatic heterocycles. The molecule has 1 saturated carbocycles. The number of ketones is 1. The molecular weight excluding hydrogens is 212 g/mol. The smallest absolute Gasteiger partial charge is 0.144 e. The molecule has 2 rings (SSSR count). The number of hydrogen-bond donors (Lipinski definition) is 1. The SMILES string of the molecule is NCC1(C(=O)Cc2ccncc2Cl)CC1. The van der Waals surface area contributed by atoms with E-state index in [4.69, 9.17) is 17.3 Å². The maximum absolute atomic E-state index is 11.9. The maximum atomic E-state index is 11.9. The van der Waals surface area contributed by atoms with Gasteiger partial charge in [-0.05, 0) is 24.5 Å². The summed E-state index contributed by atoms with van der Waals surface area (Å²) in [4.78, 5) is 15.8. The second-order valence-electron chi connectivity index (χ2n) is 4.05. The van der Waals surface area contributed by atoms with Crippen molar-refractivity contribution in [2.45, 2.75) is 19.3 Å². The largest absolute Gasteiger partial charge is 0.329 e. The van der Waals surface area contributed by atoms with Crippen LogP contribution in [-0.4, -0.2) is 17.3 Å². The lowest BCUT2D eigenvalue weighted by molar-refractivity contribution is -0.123. The lowest BCUT2D eigenvalue weighted by Gasteiger charge is -2.11. The van der Waals surface area contributed by atoms with Gasteiger partial charge in [-0.25, -0.2) is 0 Å². The van der Waals surface area contributed by atoms with E-state index >= 15 is 0 Å². The monoisotopic (exact) mass is 224 g/mol. The van der Waals surface area contributed by atoms with Crippen molar-refractivity contribution >= 4 is 17.4 Å². The first-order chi connectivity index (χ1) is 7.18. The van der Waals surface area contributed by atoms with Crippen molar-refractivity contribution < 1.29 is 4.79 Å². The zero-order valence-electron chi connectivity index (χ0n) is 8.37. The summed E-state index contributed by atoms with van der Waals surface area (Å²) in [5, 5.41) is 0.554. The Morgan fingerprint density at radius 1 is 1.60 bits per heavy atom. The third kappa shape index (κ3) is 2.03. The number of hydrogen-bond acceptors (Lipinski definition) is 3. The number of aromatic nitrogens is 1. The number of Topliss-reactive ketones (excluding diaryl/α,β-unsaturated/α-hetero) is 1. The van der Waals surface area contributed by atoms with Crippen LogP contribution < -0.4 is 5.73 Å². The lowest BCUT2D eigenvalue weighted by atomic mass is 9.96. The van der Waals surface area contributed by atoms with Gasteiger partial charge in [-0.2, -0.15) is 0 Å². The number of rotatable bonds is 4. The molecule has 0 saturated heterocycles. The molecular formula is C11H13ClN2O. The Morgan fingerprint density at radius 3 is 2.87 bits per heavy atom. The van der Waals surface area contributed by atoms with E-state index in [-0.39, 0.29) is 11.2 Å². The fourth-order valence-electron chi connectivity index (χ4n) is 1.66. The van der Waals surface area contributed by atoms with Crippen LogP contribution in [0.2, 0.25) is 5.02 Å². The minimum Gasteiger partial charge on any atom is -0.329 e. The molecule has 0 bridgehead atoms. The predicted molar refractivity (Wildman–Crippen MR) is 58.7 cm³/mol. The molecule has 4 heteroatoms. The Balaban J connectivity index is 2.10. The first-order valence-electron chi connectivity index (χ1n) is 5.00. The summed E-state index contributed by atoms with van der Waals surface area (Å²) in [6.07, 6.45) is 5.43. The molecule has 0 unspecified atom stereocenters. The van der Waals surface area contributed by atoms with Crippen molar-refractivity contribution in [1.82, 2.24) is 4.98 Å². The first kappa shape index (κ1) is 10.6. The molecule has 0 amide bonds. The summed E-state index contributed by atoms with van der Waals surface area (Å²) in [6.45, 7) is 0.453. The maximum Gasteiger partial charge on any atom is 0.144 e. The second-order valence-corrected chi connectivity index (χ2v) is 4.46. The molecule has 0 atom stereocenters. The quantitative estimate of drug-likeness (QED) is 0.845. The molecule has 1 fully saturated rings. The molecule has 1 aliphatic rings. The molecule has 1 heterocycles. The van der Waals surface area contributed by atoms with Crippen molar-refractivity contribution in [2.24, 2.45) is 11.1 Å². The summed E-state index contributed by atoms with van der Waals surface area (Å²) in [7, 11) is 0. The van der Waals surface area contributed by atoms with Gasteiger partial charge in [0.05, 0.1) is 5.02 Å². The summed E-state index contributed by atoms with van der Waals surface area (Å²) in [6, 6.07) is 1.78. The zero-order valence-corrected chi connectivity index (χ0v) is 9.13. The fourth-order valence-corrected chi connectivity index (χ4v) is 1.84. The van der Waals surface area contributed by atoms with E-state index in [9.17, 15) is 4.79 Å². The number of pyridine rings is 1. The van der Waals surface area contributed by atoms with Crippen LogP contribution >= 0.6 is 11.6 Å². The van der Waals surface area contributed by atoms with Gasteiger partial charge in [-0.15, -0.1) is 0 Å². The van der Waals surface area contributed by atoms with Gasteiger partial charge in [-0.3, -0.25) is 9.78 Å². The van der Waals surface area contributed by atoms with E-state index in [2.05, 4.69) is 4.98 Å². The Kier molecular flexibility index (Phi) is 2.76. The lowest BCUT2D eigenvalue weighted by Crippen LogP contribution is -2.26. The molecule has 0 radical (unpaired) electrons. The van der Waals surface area contributed by atoms with Crippen LogP contribution in [0.15, 0.2) is 18.5 Å². The fraction of sp³-hybridized carbons (Fsp3) is 0.455. The van der Waals surface area contributed by atoms with E-state index in [0.29, 0.717) is 18.0 Å². The molecule has 3 nitrogen and oxygen atoms in total. The van der Waals surface area contributed by atoms with Crippen molar-refractivity contribution in [2.75, 3.05) is 6.54 Å². The van der Waals surface area contributed by atoms with Crippen LogP contribution in [0.3, 0.4) is 0 Å². The number of nitrogens with zero attached hydrogens (tertiary/aromatic N) is 1. The molecule has 1 aliphatic carbocycles. The number of carbonyl (C=O) groups is 1. The number of carbonyl (C=O) groups excluding carboxylic acids is 1. The molecule has 0 spiro atoms. The van der Waals surface area contributed by atoms with E-state index in [0.717, 1.165) is 18.4 Å². The van der Waals surface area contributed by atoms with Crippen LogP contribution in [0.1, 0.15) is 18.4 Å². The highest BCUT2D eigenvalue weighted by atomic mass is 35.5. The summed E-state index contributed by atoms with van der Waals surface area (Å²) in [5.74, 6) is 0.207. The van der Waals surface area contributed by atoms with Crippen molar-refractivity contribution in [3.05, 3.63) is 29.0 Å². The van der Waals surface area contributed by atoms with Crippen LogP contribution in [0.4, 0.5) is 0 Å². The summed E-state index contributed by atoms with van der Waals surface area (Å²) < 4.78 is 0. The van der Waals surface area contributed by atoms with Crippen LogP contribution in [0.25, 0.3) is 0 Å². The average molecular weight is 225 g/mol. The zero-order chi connectivity index (χ0) is 10.9. The summed E-state index contributed by atoms with van der Waals surface area (Å²) in [5.41, 5.74) is 6.20. The van der Waals surface area contributed by atoms with Gasteiger partial charge >= 0.3 is 0 Å². The van der Waals surface area contributed by atoms with Crippen molar-refractivity contribution in [3.8, 4) is 0 Å². The van der Waals surface area contributed by atoms with Gasteiger partial charge in [0, 0.05) is 30.8 Å². The molecule has 15 heavy (non-hydrogen) atoms. The minimum atomic E-state index is -0.243. The number of halogens is 1. The average Bonchev–Trinajstić information content (AvgIpc) is 3.02. The predicted octanol–water partition coefficient (Wildman–Crippen LogP) is 1.59. The first-order valence-corrected chi connectivity index (χ1v) is 5.37. The van der Waals surface area contributed by atoms with E-state index in [1.54, 1.807) is 18.5 Å². The third-order valence-corrected chi connectivity index (χ3v) is 3.38. The van der Waals surface area contributed by atoms with Gasteiger partial charge in [0.2, 0.25) is 0 Å². The molecule has 0 aromatic carbocycles. The van der Waals surface area contributed by atoms with Crippen molar-refractivity contribution in [1.29, 1.82) is 0 Å². The van der Waals surface area contributed by atoms with E-state index in [1.807, 2.05) is 0 Å². The highest BCUT2D eigenvalue weighted by Gasteiger charge is 2.47. The third-order valence-electron chi connectivity index (χ3n) is 3.04. The van der Waals surface area contributed by atoms with E-state index in [1.165, 1.54) is 0 Å². The molecule has 80 valence electrons. The Hall–Kier alpha value is -0.930. The van der Waals surface area contributed by atoms with E-state index < -0.39 is 0 Å². The van der Waals surface area contributed by atoms with Gasteiger partial charge in [0.25, 0.3) is 0 Å². The normalized spacial score (nSPS) is 17.5. The Labute approximate surface area is 93.6 Å². The Morgan fingerprint density at radius 2 is 2.33 bits per heavy atom. The number of nitrogens with two attached hydrogens (primary N) is 1. The van der Waals surface area contributed by atoms with Crippen LogP contribution in [-0.2, 0) is 11.2 Å². The van der Waals surface area contributed by atoms with Crippen LogP contribution in [0, 0.1) is 5.41 Å². The highest BCUT2D eigenvalue weighted by Crippen LogP contribution is 2.46. The topological polar surface area (TPSA) is 56.0 Å². The van der Waals surface area contributed by atoms with Crippen molar-refractivity contribution in [3.63, 3.8) is 0 Å². The molecule has 2 N–H and O–H groups in total. The molecule has 1 aromatic heterocycles. The van der Waals surface area contributed by atoms with Gasteiger partial charge in [0.15, 0.2) is 0 Å². The second kappa shape index (κ2) is 3.91. The molecule has 1 aromatic rings. The summed E-state index contributed by atoms with van der Waals surface area (Å²) >= 11 is 5.94. The van der Waals surface area contributed by atoms with Crippen LogP contribution in [0.5, 0.6) is 0 Å². The standard InChI is InChI=1S/C11H13ClN2O/c12-9-6-14-4-1-8(9)5-10(15)11(7-13)2-3-11/h1,4,6H,2-3,5,7,13H2. The van der Waals surface area contributed by atoms with Gasteiger partial charge in [-0.1, -0.05) is 11.6 Å².